The number of benzene rings is 2. The van der Waals surface area contributed by atoms with Crippen molar-refractivity contribution >= 4 is 11.6 Å². The summed E-state index contributed by atoms with van der Waals surface area (Å²) in [6.45, 7) is 0. The lowest BCUT2D eigenvalue weighted by Gasteiger charge is -2.08. The van der Waals surface area contributed by atoms with E-state index in [1.807, 2.05) is 0 Å². The van der Waals surface area contributed by atoms with Crippen molar-refractivity contribution in [3.63, 3.8) is 0 Å². The van der Waals surface area contributed by atoms with Crippen LogP contribution in [0.1, 0.15) is 10.4 Å². The SMILES string of the molecule is O=C(Nc1ccc(-n2ccnc2)cc1)c1ccc(F)c(F)c1F. The Kier molecular flexibility index (Phi) is 3.84. The molecule has 0 saturated carbocycles. The van der Waals surface area contributed by atoms with Crippen molar-refractivity contribution in [1.82, 2.24) is 9.55 Å². The first kappa shape index (κ1) is 14.8. The Balaban J connectivity index is 1.79. The summed E-state index contributed by atoms with van der Waals surface area (Å²) >= 11 is 0. The summed E-state index contributed by atoms with van der Waals surface area (Å²) in [5.74, 6) is -5.40. The fourth-order valence-corrected chi connectivity index (χ4v) is 2.03. The predicted octanol–water partition coefficient (Wildman–Crippen LogP) is 3.54. The molecule has 0 unspecified atom stereocenters. The first-order chi connectivity index (χ1) is 11.1. The molecule has 0 aliphatic rings. The van der Waals surface area contributed by atoms with E-state index in [0.717, 1.165) is 11.8 Å². The minimum atomic E-state index is -1.67. The van der Waals surface area contributed by atoms with Gasteiger partial charge in [0.2, 0.25) is 0 Å². The Morgan fingerprint density at radius 2 is 1.74 bits per heavy atom. The minimum absolute atomic E-state index is 0.392. The lowest BCUT2D eigenvalue weighted by atomic mass is 10.1. The Bertz CT molecular complexity index is 846. The highest BCUT2D eigenvalue weighted by molar-refractivity contribution is 6.04. The number of hydrogen-bond donors (Lipinski definition) is 1. The van der Waals surface area contributed by atoms with E-state index in [-0.39, 0.29) is 0 Å². The van der Waals surface area contributed by atoms with Crippen LogP contribution in [0.4, 0.5) is 18.9 Å². The van der Waals surface area contributed by atoms with E-state index in [2.05, 4.69) is 10.3 Å². The molecule has 3 rings (SSSR count). The number of hydrogen-bond acceptors (Lipinski definition) is 2. The molecule has 7 heteroatoms. The monoisotopic (exact) mass is 317 g/mol. The zero-order valence-electron chi connectivity index (χ0n) is 11.6. The van der Waals surface area contributed by atoms with Gasteiger partial charge in [0, 0.05) is 23.8 Å². The van der Waals surface area contributed by atoms with Crippen LogP contribution < -0.4 is 5.32 Å². The van der Waals surface area contributed by atoms with Crippen LogP contribution in [0.2, 0.25) is 0 Å². The molecule has 116 valence electrons. The highest BCUT2D eigenvalue weighted by atomic mass is 19.2. The van der Waals surface area contributed by atoms with Crippen molar-refractivity contribution in [2.75, 3.05) is 5.32 Å². The quantitative estimate of drug-likeness (QED) is 0.751. The molecule has 1 heterocycles. The van der Waals surface area contributed by atoms with Gasteiger partial charge < -0.3 is 9.88 Å². The number of aromatic nitrogens is 2. The van der Waals surface area contributed by atoms with Crippen LogP contribution in [-0.2, 0) is 0 Å². The van der Waals surface area contributed by atoms with Crippen LogP contribution in [0, 0.1) is 17.5 Å². The Morgan fingerprint density at radius 3 is 2.39 bits per heavy atom. The molecule has 0 aliphatic heterocycles. The number of anilines is 1. The molecular weight excluding hydrogens is 307 g/mol. The van der Waals surface area contributed by atoms with E-state index in [4.69, 9.17) is 0 Å². The number of halogens is 3. The summed E-state index contributed by atoms with van der Waals surface area (Å²) in [5.41, 5.74) is 0.644. The fourth-order valence-electron chi connectivity index (χ4n) is 2.03. The zero-order valence-corrected chi connectivity index (χ0v) is 11.6. The average molecular weight is 317 g/mol. The van der Waals surface area contributed by atoms with Gasteiger partial charge in [0.1, 0.15) is 0 Å². The second kappa shape index (κ2) is 5.96. The van der Waals surface area contributed by atoms with Crippen molar-refractivity contribution in [1.29, 1.82) is 0 Å². The van der Waals surface area contributed by atoms with Gasteiger partial charge in [-0.2, -0.15) is 0 Å². The number of carbonyl (C=O) groups excluding carboxylic acids is 1. The number of carbonyl (C=O) groups is 1. The highest BCUT2D eigenvalue weighted by Crippen LogP contribution is 2.18. The molecule has 0 atom stereocenters. The zero-order chi connectivity index (χ0) is 16.4. The topological polar surface area (TPSA) is 46.9 Å². The third-order valence-corrected chi connectivity index (χ3v) is 3.21. The van der Waals surface area contributed by atoms with E-state index < -0.39 is 28.9 Å². The van der Waals surface area contributed by atoms with Gasteiger partial charge in [0.05, 0.1) is 11.9 Å². The highest BCUT2D eigenvalue weighted by Gasteiger charge is 2.18. The van der Waals surface area contributed by atoms with Crippen molar-refractivity contribution in [2.45, 2.75) is 0 Å². The average Bonchev–Trinajstić information content (AvgIpc) is 3.08. The summed E-state index contributed by atoms with van der Waals surface area (Å²) in [5, 5.41) is 2.43. The molecule has 1 amide bonds. The third kappa shape index (κ3) is 2.94. The molecule has 3 aromatic rings. The molecule has 0 aliphatic carbocycles. The van der Waals surface area contributed by atoms with E-state index in [1.165, 1.54) is 0 Å². The second-order valence-electron chi connectivity index (χ2n) is 4.69. The lowest BCUT2D eigenvalue weighted by molar-refractivity contribution is 0.102. The van der Waals surface area contributed by atoms with Gasteiger partial charge in [0.15, 0.2) is 17.5 Å². The lowest BCUT2D eigenvalue weighted by Crippen LogP contribution is -2.15. The molecule has 0 radical (unpaired) electrons. The minimum Gasteiger partial charge on any atom is -0.322 e. The number of imidazole rings is 1. The maximum absolute atomic E-state index is 13.6. The molecule has 1 aromatic heterocycles. The summed E-state index contributed by atoms with van der Waals surface area (Å²) in [6.07, 6.45) is 5.00. The largest absolute Gasteiger partial charge is 0.322 e. The first-order valence-electron chi connectivity index (χ1n) is 6.59. The van der Waals surface area contributed by atoms with E-state index in [1.54, 1.807) is 47.6 Å². The Hall–Kier alpha value is -3.09. The Labute approximate surface area is 129 Å². The van der Waals surface area contributed by atoms with Gasteiger partial charge >= 0.3 is 0 Å². The number of nitrogens with zero attached hydrogens (tertiary/aromatic N) is 2. The van der Waals surface area contributed by atoms with Crippen LogP contribution in [0.15, 0.2) is 55.1 Å². The predicted molar refractivity (Wildman–Crippen MR) is 77.8 cm³/mol. The van der Waals surface area contributed by atoms with Crippen LogP contribution in [-0.4, -0.2) is 15.5 Å². The van der Waals surface area contributed by atoms with Crippen LogP contribution >= 0.6 is 0 Å². The number of rotatable bonds is 3. The molecule has 1 N–H and O–H groups in total. The van der Waals surface area contributed by atoms with Crippen molar-refractivity contribution in [2.24, 2.45) is 0 Å². The summed E-state index contributed by atoms with van der Waals surface area (Å²) < 4.78 is 41.4. The smallest absolute Gasteiger partial charge is 0.258 e. The molecule has 0 fully saturated rings. The van der Waals surface area contributed by atoms with E-state index >= 15 is 0 Å². The normalized spacial score (nSPS) is 10.6. The first-order valence-corrected chi connectivity index (χ1v) is 6.59. The van der Waals surface area contributed by atoms with Crippen LogP contribution in [0.25, 0.3) is 5.69 Å². The van der Waals surface area contributed by atoms with Gasteiger partial charge in [-0.1, -0.05) is 0 Å². The maximum atomic E-state index is 13.6. The molecular formula is C16H10F3N3O. The second-order valence-corrected chi connectivity index (χ2v) is 4.69. The van der Waals surface area contributed by atoms with E-state index in [0.29, 0.717) is 11.8 Å². The van der Waals surface area contributed by atoms with Gasteiger partial charge in [-0.15, -0.1) is 0 Å². The number of amides is 1. The summed E-state index contributed by atoms with van der Waals surface area (Å²) in [4.78, 5) is 15.9. The van der Waals surface area contributed by atoms with Crippen molar-refractivity contribution in [3.8, 4) is 5.69 Å². The molecule has 0 saturated heterocycles. The summed E-state index contributed by atoms with van der Waals surface area (Å²) in [7, 11) is 0. The van der Waals surface area contributed by atoms with Gasteiger partial charge in [-0.25, -0.2) is 18.2 Å². The van der Waals surface area contributed by atoms with E-state index in [9.17, 15) is 18.0 Å². The number of nitrogens with one attached hydrogen (secondary N) is 1. The van der Waals surface area contributed by atoms with Crippen LogP contribution in [0.3, 0.4) is 0 Å². The molecule has 0 bridgehead atoms. The van der Waals surface area contributed by atoms with Gasteiger partial charge in [0.25, 0.3) is 5.91 Å². The fraction of sp³-hybridized carbons (Fsp3) is 0. The third-order valence-electron chi connectivity index (χ3n) is 3.21. The standard InChI is InChI=1S/C16H10F3N3O/c17-13-6-5-12(14(18)15(13)19)16(23)21-10-1-3-11(4-2-10)22-8-7-20-9-22/h1-9H,(H,21,23). The molecule has 0 spiro atoms. The van der Waals surface area contributed by atoms with Crippen molar-refractivity contribution in [3.05, 3.63) is 78.1 Å². The van der Waals surface area contributed by atoms with Gasteiger partial charge in [-0.05, 0) is 36.4 Å². The van der Waals surface area contributed by atoms with Crippen molar-refractivity contribution < 1.29 is 18.0 Å². The molecule has 23 heavy (non-hydrogen) atoms. The molecule has 4 nitrogen and oxygen atoms in total. The Morgan fingerprint density at radius 1 is 1.00 bits per heavy atom. The van der Waals surface area contributed by atoms with Crippen LogP contribution in [0.5, 0.6) is 0 Å². The summed E-state index contributed by atoms with van der Waals surface area (Å²) in [6, 6.07) is 8.24. The van der Waals surface area contributed by atoms with Gasteiger partial charge in [-0.3, -0.25) is 4.79 Å². The molecule has 2 aromatic carbocycles. The maximum Gasteiger partial charge on any atom is 0.258 e.